The third-order valence-corrected chi connectivity index (χ3v) is 6.49. The van der Waals surface area contributed by atoms with E-state index >= 15 is 0 Å². The molecule has 1 atom stereocenters. The number of ether oxygens (including phenoxy) is 4. The van der Waals surface area contributed by atoms with E-state index < -0.39 is 11.7 Å². The fourth-order valence-electron chi connectivity index (χ4n) is 4.33. The van der Waals surface area contributed by atoms with Gasteiger partial charge in [0.2, 0.25) is 0 Å². The summed E-state index contributed by atoms with van der Waals surface area (Å²) in [6.45, 7) is 5.98. The van der Waals surface area contributed by atoms with Crippen LogP contribution in [0.2, 0.25) is 0 Å². The largest absolute Gasteiger partial charge is 0.488 e. The normalized spacial score (nSPS) is 14.4. The number of halogens is 1. The van der Waals surface area contributed by atoms with Crippen LogP contribution in [0.25, 0.3) is 10.4 Å². The summed E-state index contributed by atoms with van der Waals surface area (Å²) in [4.78, 5) is 18.0. The standard InChI is InChI=1S/C28H29BrN4O5/c1-28(2,3)38-27(34)33-15-20(19-12-8-9-13-22(19)37-17-35-4)24-21(29)14-23(25(26(24)33)31-32-30)36-16-18-10-6-5-7-11-18/h5-14,20H,15-17H2,1-4H3. The minimum atomic E-state index is -0.730. The van der Waals surface area contributed by atoms with Crippen molar-refractivity contribution >= 4 is 33.4 Å². The van der Waals surface area contributed by atoms with E-state index in [9.17, 15) is 10.3 Å². The number of fused-ring (bicyclic) bond motifs is 1. The molecular formula is C28H29BrN4O5. The monoisotopic (exact) mass is 580 g/mol. The molecule has 1 aliphatic heterocycles. The van der Waals surface area contributed by atoms with Crippen LogP contribution in [0.4, 0.5) is 16.2 Å². The average Bonchev–Trinajstić information content (AvgIpc) is 3.29. The molecule has 38 heavy (non-hydrogen) atoms. The van der Waals surface area contributed by atoms with Gasteiger partial charge in [0, 0.05) is 40.1 Å². The van der Waals surface area contributed by atoms with Crippen LogP contribution in [0.1, 0.15) is 43.4 Å². The van der Waals surface area contributed by atoms with Crippen molar-refractivity contribution in [3.05, 3.63) is 92.3 Å². The van der Waals surface area contributed by atoms with Crippen LogP contribution in [-0.4, -0.2) is 32.1 Å². The number of hydrogen-bond donors (Lipinski definition) is 0. The molecule has 0 spiro atoms. The summed E-state index contributed by atoms with van der Waals surface area (Å²) in [5.41, 5.74) is 12.0. The van der Waals surface area contributed by atoms with E-state index in [0.717, 1.165) is 16.7 Å². The smallest absolute Gasteiger partial charge is 0.414 e. The fraction of sp³-hybridized carbons (Fsp3) is 0.321. The molecule has 10 heteroatoms. The maximum absolute atomic E-state index is 13.5. The Kier molecular flexibility index (Phi) is 8.46. The van der Waals surface area contributed by atoms with E-state index in [1.54, 1.807) is 33.9 Å². The van der Waals surface area contributed by atoms with Gasteiger partial charge in [-0.15, -0.1) is 0 Å². The Hall–Kier alpha value is -3.72. The van der Waals surface area contributed by atoms with Crippen molar-refractivity contribution in [1.82, 2.24) is 0 Å². The summed E-state index contributed by atoms with van der Waals surface area (Å²) < 4.78 is 23.5. The maximum Gasteiger partial charge on any atom is 0.414 e. The molecule has 1 aliphatic rings. The van der Waals surface area contributed by atoms with Gasteiger partial charge in [-0.05, 0) is 44.0 Å². The van der Waals surface area contributed by atoms with E-state index in [2.05, 4.69) is 26.0 Å². The molecule has 0 fully saturated rings. The first kappa shape index (κ1) is 27.3. The zero-order valence-electron chi connectivity index (χ0n) is 21.7. The summed E-state index contributed by atoms with van der Waals surface area (Å²) in [6.07, 6.45) is -0.557. The number of carbonyl (C=O) groups excluding carboxylic acids is 1. The third kappa shape index (κ3) is 6.05. The number of anilines is 1. The topological polar surface area (TPSA) is 106 Å². The first-order valence-corrected chi connectivity index (χ1v) is 12.8. The highest BCUT2D eigenvalue weighted by molar-refractivity contribution is 9.10. The Morgan fingerprint density at radius 3 is 2.50 bits per heavy atom. The van der Waals surface area contributed by atoms with Gasteiger partial charge in [0.1, 0.15) is 29.4 Å². The molecule has 0 radical (unpaired) electrons. The highest BCUT2D eigenvalue weighted by Gasteiger charge is 2.41. The SMILES string of the molecule is COCOc1ccccc1C1CN(C(=O)OC(C)(C)C)c2c(N=[N+]=[N-])c(OCc3ccccc3)cc(Br)c21. The predicted molar refractivity (Wildman–Crippen MR) is 148 cm³/mol. The van der Waals surface area contributed by atoms with E-state index in [0.29, 0.717) is 21.7 Å². The minimum Gasteiger partial charge on any atom is -0.488 e. The fourth-order valence-corrected chi connectivity index (χ4v) is 5.01. The number of nitrogens with zero attached hydrogens (tertiary/aromatic N) is 4. The molecule has 0 bridgehead atoms. The molecule has 1 heterocycles. The first-order chi connectivity index (χ1) is 18.2. The molecule has 0 saturated heterocycles. The van der Waals surface area contributed by atoms with Crippen LogP contribution in [-0.2, 0) is 16.1 Å². The molecule has 3 aromatic rings. The molecule has 3 aromatic carbocycles. The quantitative estimate of drug-likeness (QED) is 0.117. The van der Waals surface area contributed by atoms with Crippen LogP contribution < -0.4 is 14.4 Å². The number of methoxy groups -OCH3 is 1. The van der Waals surface area contributed by atoms with Crippen molar-refractivity contribution in [2.24, 2.45) is 5.11 Å². The van der Waals surface area contributed by atoms with Crippen molar-refractivity contribution in [3.8, 4) is 11.5 Å². The Labute approximate surface area is 230 Å². The van der Waals surface area contributed by atoms with Crippen LogP contribution in [0, 0.1) is 0 Å². The van der Waals surface area contributed by atoms with Gasteiger partial charge in [0.25, 0.3) is 0 Å². The Balaban J connectivity index is 1.86. The summed E-state index contributed by atoms with van der Waals surface area (Å²) in [7, 11) is 1.55. The van der Waals surface area contributed by atoms with Crippen LogP contribution in [0.15, 0.2) is 70.3 Å². The Bertz CT molecular complexity index is 1350. The van der Waals surface area contributed by atoms with E-state index in [1.807, 2.05) is 54.6 Å². The zero-order valence-corrected chi connectivity index (χ0v) is 23.3. The van der Waals surface area contributed by atoms with Crippen molar-refractivity contribution in [2.75, 3.05) is 25.3 Å². The number of rotatable bonds is 8. The number of hydrogen-bond acceptors (Lipinski definition) is 6. The molecule has 0 saturated carbocycles. The van der Waals surface area contributed by atoms with Gasteiger partial charge in [0.15, 0.2) is 6.79 Å². The number of para-hydroxylation sites is 1. The van der Waals surface area contributed by atoms with E-state index in [1.165, 1.54) is 4.90 Å². The molecule has 0 aromatic heterocycles. The van der Waals surface area contributed by atoms with Gasteiger partial charge in [-0.25, -0.2) is 4.79 Å². The molecule has 9 nitrogen and oxygen atoms in total. The molecule has 4 rings (SSSR count). The second-order valence-electron chi connectivity index (χ2n) is 9.66. The molecule has 0 N–H and O–H groups in total. The molecule has 1 amide bonds. The summed E-state index contributed by atoms with van der Waals surface area (Å²) in [6, 6.07) is 19.0. The third-order valence-electron chi connectivity index (χ3n) is 5.83. The molecule has 0 aliphatic carbocycles. The Morgan fingerprint density at radius 1 is 1.11 bits per heavy atom. The van der Waals surface area contributed by atoms with Gasteiger partial charge in [-0.1, -0.05) is 69.6 Å². The predicted octanol–water partition coefficient (Wildman–Crippen LogP) is 7.84. The lowest BCUT2D eigenvalue weighted by atomic mass is 9.92. The zero-order chi connectivity index (χ0) is 27.3. The second-order valence-corrected chi connectivity index (χ2v) is 10.5. The molecule has 1 unspecified atom stereocenters. The summed E-state index contributed by atoms with van der Waals surface area (Å²) in [5.74, 6) is 0.657. The second kappa shape index (κ2) is 11.8. The van der Waals surface area contributed by atoms with E-state index in [4.69, 9.17) is 18.9 Å². The van der Waals surface area contributed by atoms with Gasteiger partial charge >= 0.3 is 6.09 Å². The van der Waals surface area contributed by atoms with Crippen LogP contribution in [0.3, 0.4) is 0 Å². The minimum absolute atomic E-state index is 0.0732. The van der Waals surface area contributed by atoms with Gasteiger partial charge in [-0.2, -0.15) is 0 Å². The summed E-state index contributed by atoms with van der Waals surface area (Å²) >= 11 is 3.70. The first-order valence-electron chi connectivity index (χ1n) is 12.0. The van der Waals surface area contributed by atoms with Crippen molar-refractivity contribution < 1.29 is 23.7 Å². The molecular weight excluding hydrogens is 552 g/mol. The van der Waals surface area contributed by atoms with E-state index in [-0.39, 0.29) is 31.5 Å². The lowest BCUT2D eigenvalue weighted by Crippen LogP contribution is -2.36. The lowest BCUT2D eigenvalue weighted by Gasteiger charge is -2.26. The Morgan fingerprint density at radius 2 is 1.82 bits per heavy atom. The summed E-state index contributed by atoms with van der Waals surface area (Å²) in [5, 5.41) is 3.99. The number of benzene rings is 3. The highest BCUT2D eigenvalue weighted by Crippen LogP contribution is 2.54. The van der Waals surface area contributed by atoms with Crippen molar-refractivity contribution in [3.63, 3.8) is 0 Å². The van der Waals surface area contributed by atoms with Gasteiger partial charge < -0.3 is 18.9 Å². The van der Waals surface area contributed by atoms with Crippen LogP contribution >= 0.6 is 15.9 Å². The number of azide groups is 1. The van der Waals surface area contributed by atoms with Crippen LogP contribution in [0.5, 0.6) is 11.5 Å². The van der Waals surface area contributed by atoms with Gasteiger partial charge in [-0.3, -0.25) is 4.90 Å². The van der Waals surface area contributed by atoms with Crippen molar-refractivity contribution in [2.45, 2.75) is 38.9 Å². The van der Waals surface area contributed by atoms with Gasteiger partial charge in [0.05, 0.1) is 5.69 Å². The highest BCUT2D eigenvalue weighted by atomic mass is 79.9. The average molecular weight is 581 g/mol. The maximum atomic E-state index is 13.5. The van der Waals surface area contributed by atoms with Crippen molar-refractivity contribution in [1.29, 1.82) is 0 Å². The number of carbonyl (C=O) groups is 1. The lowest BCUT2D eigenvalue weighted by molar-refractivity contribution is 0.0501. The molecule has 198 valence electrons. The number of amides is 1.